The summed E-state index contributed by atoms with van der Waals surface area (Å²) >= 11 is 2.01. The number of carbonyl (C=O) groups excluding carboxylic acids is 1. The Morgan fingerprint density at radius 1 is 1.30 bits per heavy atom. The van der Waals surface area contributed by atoms with Crippen LogP contribution in [0.25, 0.3) is 0 Å². The van der Waals surface area contributed by atoms with Crippen LogP contribution in [0.4, 0.5) is 10.1 Å². The number of nitrogens with one attached hydrogen (secondary N) is 1. The molecule has 1 amide bonds. The third-order valence-corrected chi connectivity index (χ3v) is 3.33. The molecular formula is C15H13FINO2. The zero-order valence-electron chi connectivity index (χ0n) is 10.8. The monoisotopic (exact) mass is 385 g/mol. The molecule has 0 saturated carbocycles. The number of rotatable bonds is 4. The number of benzene rings is 2. The molecule has 2 aromatic carbocycles. The smallest absolute Gasteiger partial charge is 0.262 e. The second-order valence-corrected chi connectivity index (χ2v) is 5.47. The molecule has 0 aliphatic heterocycles. The molecule has 0 fully saturated rings. The molecule has 0 heterocycles. The van der Waals surface area contributed by atoms with Crippen LogP contribution >= 0.6 is 22.6 Å². The Kier molecular flexibility index (Phi) is 4.94. The van der Waals surface area contributed by atoms with Gasteiger partial charge in [-0.1, -0.05) is 18.2 Å². The average Bonchev–Trinajstić information content (AvgIpc) is 2.41. The first kappa shape index (κ1) is 14.8. The summed E-state index contributed by atoms with van der Waals surface area (Å²) in [5.41, 5.74) is 1.10. The molecule has 3 nitrogen and oxygen atoms in total. The number of hydrogen-bond donors (Lipinski definition) is 1. The van der Waals surface area contributed by atoms with Gasteiger partial charge in [-0.3, -0.25) is 4.79 Å². The number of amides is 1. The van der Waals surface area contributed by atoms with E-state index in [1.165, 1.54) is 12.1 Å². The predicted octanol–water partition coefficient (Wildman–Crippen LogP) is 3.76. The summed E-state index contributed by atoms with van der Waals surface area (Å²) in [6.07, 6.45) is 0. The highest BCUT2D eigenvalue weighted by Crippen LogP contribution is 2.18. The van der Waals surface area contributed by atoms with Crippen LogP contribution in [0.15, 0.2) is 42.5 Å². The molecule has 0 aliphatic rings. The fourth-order valence-corrected chi connectivity index (χ4v) is 2.09. The lowest BCUT2D eigenvalue weighted by Crippen LogP contribution is -2.21. The third kappa shape index (κ3) is 3.93. The van der Waals surface area contributed by atoms with Gasteiger partial charge in [0.15, 0.2) is 6.61 Å². The third-order valence-electron chi connectivity index (χ3n) is 2.66. The maximum absolute atomic E-state index is 13.6. The molecule has 0 radical (unpaired) electrons. The van der Waals surface area contributed by atoms with Gasteiger partial charge in [0.05, 0.1) is 5.69 Å². The Labute approximate surface area is 130 Å². The molecule has 0 spiro atoms. The first-order chi connectivity index (χ1) is 9.56. The van der Waals surface area contributed by atoms with Gasteiger partial charge in [-0.05, 0) is 59.3 Å². The summed E-state index contributed by atoms with van der Waals surface area (Å²) < 4.78 is 19.7. The molecular weight excluding hydrogens is 372 g/mol. The molecule has 20 heavy (non-hydrogen) atoms. The molecule has 0 aromatic heterocycles. The molecule has 0 aliphatic carbocycles. The van der Waals surface area contributed by atoms with Gasteiger partial charge in [0.25, 0.3) is 5.91 Å². The summed E-state index contributed by atoms with van der Waals surface area (Å²) in [6, 6.07) is 12.0. The van der Waals surface area contributed by atoms with Crippen molar-refractivity contribution in [2.45, 2.75) is 6.92 Å². The second-order valence-electron chi connectivity index (χ2n) is 4.23. The van der Waals surface area contributed by atoms with Crippen molar-refractivity contribution in [1.29, 1.82) is 0 Å². The molecule has 0 saturated heterocycles. The Bertz CT molecular complexity index is 631. The molecule has 0 unspecified atom stereocenters. The van der Waals surface area contributed by atoms with Gasteiger partial charge in [0.1, 0.15) is 11.6 Å². The highest BCUT2D eigenvalue weighted by molar-refractivity contribution is 14.1. The predicted molar refractivity (Wildman–Crippen MR) is 84.4 cm³/mol. The number of aryl methyl sites for hydroxylation is 1. The lowest BCUT2D eigenvalue weighted by Gasteiger charge is -2.10. The molecule has 5 heteroatoms. The van der Waals surface area contributed by atoms with Crippen LogP contribution in [0.1, 0.15) is 5.56 Å². The van der Waals surface area contributed by atoms with Crippen LogP contribution in [0.2, 0.25) is 0 Å². The number of para-hydroxylation sites is 1. The van der Waals surface area contributed by atoms with E-state index in [0.29, 0.717) is 5.75 Å². The standard InChI is InChI=1S/C15H13FINO2/c1-10-4-2-3-5-14(10)20-9-15(19)18-13-7-6-11(17)8-12(13)16/h2-8H,9H2,1H3,(H,18,19). The Hall–Kier alpha value is -1.63. The van der Waals surface area contributed by atoms with E-state index in [9.17, 15) is 9.18 Å². The van der Waals surface area contributed by atoms with Gasteiger partial charge in [-0.25, -0.2) is 4.39 Å². The number of anilines is 1. The van der Waals surface area contributed by atoms with E-state index in [2.05, 4.69) is 5.32 Å². The Balaban J connectivity index is 1.94. The van der Waals surface area contributed by atoms with Crippen molar-refractivity contribution in [2.24, 2.45) is 0 Å². The van der Waals surface area contributed by atoms with Crippen LogP contribution in [-0.4, -0.2) is 12.5 Å². The van der Waals surface area contributed by atoms with E-state index in [0.717, 1.165) is 9.13 Å². The SMILES string of the molecule is Cc1ccccc1OCC(=O)Nc1ccc(I)cc1F. The molecule has 0 atom stereocenters. The van der Waals surface area contributed by atoms with Crippen LogP contribution in [0.5, 0.6) is 5.75 Å². The number of hydrogen-bond acceptors (Lipinski definition) is 2. The van der Waals surface area contributed by atoms with Gasteiger partial charge in [0, 0.05) is 3.57 Å². The van der Waals surface area contributed by atoms with E-state index in [1.807, 2.05) is 47.7 Å². The first-order valence-corrected chi connectivity index (χ1v) is 7.07. The van der Waals surface area contributed by atoms with Crippen molar-refractivity contribution >= 4 is 34.2 Å². The van der Waals surface area contributed by atoms with Crippen LogP contribution in [-0.2, 0) is 4.79 Å². The minimum absolute atomic E-state index is 0.156. The highest BCUT2D eigenvalue weighted by Gasteiger charge is 2.08. The summed E-state index contributed by atoms with van der Waals surface area (Å²) in [4.78, 5) is 11.7. The van der Waals surface area contributed by atoms with E-state index in [-0.39, 0.29) is 12.3 Å². The molecule has 104 valence electrons. The van der Waals surface area contributed by atoms with Crippen molar-refractivity contribution in [3.05, 3.63) is 57.4 Å². The quantitative estimate of drug-likeness (QED) is 0.815. The fourth-order valence-electron chi connectivity index (χ4n) is 1.64. The number of halogens is 2. The van der Waals surface area contributed by atoms with Gasteiger partial charge < -0.3 is 10.1 Å². The summed E-state index contributed by atoms with van der Waals surface area (Å²) in [5.74, 6) is -0.208. The first-order valence-electron chi connectivity index (χ1n) is 5.99. The summed E-state index contributed by atoms with van der Waals surface area (Å²) in [5, 5.41) is 2.48. The van der Waals surface area contributed by atoms with Crippen molar-refractivity contribution in [3.63, 3.8) is 0 Å². The van der Waals surface area contributed by atoms with Gasteiger partial charge >= 0.3 is 0 Å². The molecule has 2 rings (SSSR count). The Morgan fingerprint density at radius 3 is 2.75 bits per heavy atom. The number of carbonyl (C=O) groups is 1. The molecule has 1 N–H and O–H groups in total. The average molecular weight is 385 g/mol. The second kappa shape index (κ2) is 6.69. The summed E-state index contributed by atoms with van der Waals surface area (Å²) in [6.45, 7) is 1.74. The van der Waals surface area contributed by atoms with Crippen molar-refractivity contribution in [3.8, 4) is 5.75 Å². The van der Waals surface area contributed by atoms with Gasteiger partial charge in [-0.2, -0.15) is 0 Å². The van der Waals surface area contributed by atoms with E-state index >= 15 is 0 Å². The zero-order valence-corrected chi connectivity index (χ0v) is 13.0. The molecule has 2 aromatic rings. The zero-order chi connectivity index (χ0) is 14.5. The minimum atomic E-state index is -0.457. The minimum Gasteiger partial charge on any atom is -0.483 e. The lowest BCUT2D eigenvalue weighted by molar-refractivity contribution is -0.118. The number of ether oxygens (including phenoxy) is 1. The van der Waals surface area contributed by atoms with E-state index in [1.54, 1.807) is 12.1 Å². The van der Waals surface area contributed by atoms with Gasteiger partial charge in [0.2, 0.25) is 0 Å². The van der Waals surface area contributed by atoms with Crippen LogP contribution in [0.3, 0.4) is 0 Å². The fraction of sp³-hybridized carbons (Fsp3) is 0.133. The van der Waals surface area contributed by atoms with Crippen LogP contribution in [0, 0.1) is 16.3 Å². The largest absolute Gasteiger partial charge is 0.483 e. The normalized spacial score (nSPS) is 10.2. The van der Waals surface area contributed by atoms with E-state index in [4.69, 9.17) is 4.74 Å². The van der Waals surface area contributed by atoms with Crippen LogP contribution < -0.4 is 10.1 Å². The maximum Gasteiger partial charge on any atom is 0.262 e. The maximum atomic E-state index is 13.6. The van der Waals surface area contributed by atoms with Crippen molar-refractivity contribution in [1.82, 2.24) is 0 Å². The van der Waals surface area contributed by atoms with E-state index < -0.39 is 11.7 Å². The van der Waals surface area contributed by atoms with Crippen molar-refractivity contribution in [2.75, 3.05) is 11.9 Å². The lowest BCUT2D eigenvalue weighted by atomic mass is 10.2. The molecule has 0 bridgehead atoms. The highest BCUT2D eigenvalue weighted by atomic mass is 127. The topological polar surface area (TPSA) is 38.3 Å². The summed E-state index contributed by atoms with van der Waals surface area (Å²) in [7, 11) is 0. The van der Waals surface area contributed by atoms with Crippen molar-refractivity contribution < 1.29 is 13.9 Å². The Morgan fingerprint density at radius 2 is 2.05 bits per heavy atom. The van der Waals surface area contributed by atoms with Gasteiger partial charge in [-0.15, -0.1) is 0 Å².